The quantitative estimate of drug-likeness (QED) is 0.767. The number of carbonyl (C=O) groups is 1. The average molecular weight is 268 g/mol. The molecule has 2 aromatic carbocycles. The third kappa shape index (κ3) is 2.59. The van der Waals surface area contributed by atoms with Gasteiger partial charge in [-0.25, -0.2) is 0 Å². The van der Waals surface area contributed by atoms with E-state index < -0.39 is 0 Å². The Bertz CT molecular complexity index is 614. The van der Waals surface area contributed by atoms with E-state index in [-0.39, 0.29) is 0 Å². The van der Waals surface area contributed by atoms with Gasteiger partial charge >= 0.3 is 0 Å². The zero-order chi connectivity index (χ0) is 13.2. The first-order chi connectivity index (χ1) is 9.24. The van der Waals surface area contributed by atoms with Crippen LogP contribution in [-0.4, -0.2) is 5.78 Å². The molecule has 0 fully saturated rings. The number of aryl methyl sites for hydroxylation is 1. The largest absolute Gasteiger partial charge is 0.294 e. The highest BCUT2D eigenvalue weighted by Gasteiger charge is 2.21. The first-order valence-electron chi connectivity index (χ1n) is 6.57. The van der Waals surface area contributed by atoms with Crippen LogP contribution in [0.15, 0.2) is 47.4 Å². The Labute approximate surface area is 118 Å². The summed E-state index contributed by atoms with van der Waals surface area (Å²) in [6.45, 7) is 2.10. The molecule has 0 saturated heterocycles. The van der Waals surface area contributed by atoms with E-state index in [1.807, 2.05) is 23.9 Å². The van der Waals surface area contributed by atoms with Crippen LogP contribution in [0.3, 0.4) is 0 Å². The maximum Gasteiger partial charge on any atom is 0.163 e. The lowest BCUT2D eigenvalue weighted by Gasteiger charge is -2.07. The fourth-order valence-electron chi connectivity index (χ4n) is 2.44. The van der Waals surface area contributed by atoms with E-state index in [2.05, 4.69) is 37.3 Å². The Hall–Kier alpha value is -1.54. The van der Waals surface area contributed by atoms with Crippen LogP contribution in [0.25, 0.3) is 0 Å². The van der Waals surface area contributed by atoms with Crippen molar-refractivity contribution in [3.8, 4) is 0 Å². The molecule has 0 N–H and O–H groups in total. The van der Waals surface area contributed by atoms with Crippen molar-refractivity contribution in [2.45, 2.75) is 30.4 Å². The Balaban J connectivity index is 1.78. The summed E-state index contributed by atoms with van der Waals surface area (Å²) in [4.78, 5) is 13.0. The van der Waals surface area contributed by atoms with Gasteiger partial charge in [-0.15, -0.1) is 11.8 Å². The van der Waals surface area contributed by atoms with Crippen molar-refractivity contribution in [1.82, 2.24) is 0 Å². The molecule has 0 heterocycles. The van der Waals surface area contributed by atoms with Gasteiger partial charge in [-0.3, -0.25) is 4.79 Å². The number of fused-ring (bicyclic) bond motifs is 1. The first-order valence-corrected chi connectivity index (χ1v) is 7.56. The number of carbonyl (C=O) groups excluding carboxylic acids is 1. The fraction of sp³-hybridized carbons (Fsp3) is 0.235. The second kappa shape index (κ2) is 5.22. The van der Waals surface area contributed by atoms with Gasteiger partial charge in [0.1, 0.15) is 0 Å². The van der Waals surface area contributed by atoms with Crippen LogP contribution in [0.5, 0.6) is 0 Å². The summed E-state index contributed by atoms with van der Waals surface area (Å²) in [6.07, 6.45) is 1.59. The molecule has 0 aliphatic heterocycles. The first kappa shape index (κ1) is 12.5. The Morgan fingerprint density at radius 3 is 2.63 bits per heavy atom. The van der Waals surface area contributed by atoms with E-state index in [0.717, 1.165) is 17.7 Å². The second-order valence-electron chi connectivity index (χ2n) is 4.98. The molecule has 0 amide bonds. The lowest BCUT2D eigenvalue weighted by atomic mass is 10.1. The van der Waals surface area contributed by atoms with Crippen LogP contribution in [0.2, 0.25) is 0 Å². The summed E-state index contributed by atoms with van der Waals surface area (Å²) in [5.41, 5.74) is 4.82. The summed E-state index contributed by atoms with van der Waals surface area (Å²) < 4.78 is 0. The van der Waals surface area contributed by atoms with Crippen LogP contribution >= 0.6 is 11.8 Å². The maximum absolute atomic E-state index is 11.7. The maximum atomic E-state index is 11.7. The monoisotopic (exact) mass is 268 g/mol. The van der Waals surface area contributed by atoms with Gasteiger partial charge in [0.25, 0.3) is 0 Å². The third-order valence-corrected chi connectivity index (χ3v) is 4.72. The van der Waals surface area contributed by atoms with Gasteiger partial charge in [0.2, 0.25) is 0 Å². The van der Waals surface area contributed by atoms with Gasteiger partial charge in [-0.2, -0.15) is 0 Å². The summed E-state index contributed by atoms with van der Waals surface area (Å²) in [5.74, 6) is 1.26. The van der Waals surface area contributed by atoms with Gasteiger partial charge in [0.05, 0.1) is 0 Å². The number of Topliss-reactive ketones (excluding diaryl/α,β-unsaturated/α-hetero) is 1. The molecule has 1 nitrogen and oxygen atoms in total. The number of hydrogen-bond donors (Lipinski definition) is 0. The van der Waals surface area contributed by atoms with Crippen LogP contribution < -0.4 is 0 Å². The van der Waals surface area contributed by atoms with E-state index >= 15 is 0 Å². The molecular weight excluding hydrogens is 252 g/mol. The van der Waals surface area contributed by atoms with Gasteiger partial charge in [-0.1, -0.05) is 42.0 Å². The molecule has 2 heteroatoms. The fourth-order valence-corrected chi connectivity index (χ4v) is 3.51. The van der Waals surface area contributed by atoms with E-state index in [9.17, 15) is 4.79 Å². The van der Waals surface area contributed by atoms with Crippen molar-refractivity contribution in [2.75, 3.05) is 0 Å². The van der Waals surface area contributed by atoms with Crippen molar-refractivity contribution in [3.05, 3.63) is 64.7 Å². The van der Waals surface area contributed by atoms with E-state index in [0.29, 0.717) is 12.2 Å². The highest BCUT2D eigenvalue weighted by Crippen LogP contribution is 2.33. The number of benzene rings is 2. The van der Waals surface area contributed by atoms with Crippen LogP contribution in [-0.2, 0) is 12.2 Å². The van der Waals surface area contributed by atoms with Crippen LogP contribution in [0.4, 0.5) is 0 Å². The van der Waals surface area contributed by atoms with Gasteiger partial charge in [0.15, 0.2) is 5.78 Å². The summed E-state index contributed by atoms with van der Waals surface area (Å²) in [6, 6.07) is 14.7. The SMILES string of the molecule is Cc1ccc(CSc2cccc3c2CCC3=O)cc1. The number of ketones is 1. The minimum Gasteiger partial charge on any atom is -0.294 e. The highest BCUT2D eigenvalue weighted by molar-refractivity contribution is 7.98. The second-order valence-corrected chi connectivity index (χ2v) is 6.00. The van der Waals surface area contributed by atoms with Crippen molar-refractivity contribution >= 4 is 17.5 Å². The Morgan fingerprint density at radius 2 is 1.84 bits per heavy atom. The molecule has 0 bridgehead atoms. The van der Waals surface area contributed by atoms with Crippen LogP contribution in [0.1, 0.15) is 33.5 Å². The molecule has 0 unspecified atom stereocenters. The van der Waals surface area contributed by atoms with Gasteiger partial charge < -0.3 is 0 Å². The minimum absolute atomic E-state index is 0.299. The lowest BCUT2D eigenvalue weighted by Crippen LogP contribution is -1.91. The van der Waals surface area contributed by atoms with Crippen LogP contribution in [0, 0.1) is 6.92 Å². The molecule has 0 saturated carbocycles. The number of hydrogen-bond acceptors (Lipinski definition) is 2. The third-order valence-electron chi connectivity index (χ3n) is 3.55. The number of rotatable bonds is 3. The molecule has 0 spiro atoms. The molecule has 1 aliphatic carbocycles. The van der Waals surface area contributed by atoms with E-state index in [4.69, 9.17) is 0 Å². The predicted octanol–water partition coefficient (Wildman–Crippen LogP) is 4.42. The Morgan fingerprint density at radius 1 is 1.05 bits per heavy atom. The average Bonchev–Trinajstić information content (AvgIpc) is 2.81. The van der Waals surface area contributed by atoms with Gasteiger partial charge in [-0.05, 0) is 30.5 Å². The molecule has 3 rings (SSSR count). The zero-order valence-corrected chi connectivity index (χ0v) is 11.8. The lowest BCUT2D eigenvalue weighted by molar-refractivity contribution is 0.0994. The van der Waals surface area contributed by atoms with Crippen molar-refractivity contribution in [1.29, 1.82) is 0 Å². The van der Waals surface area contributed by atoms with Gasteiger partial charge in [0, 0.05) is 22.6 Å². The summed E-state index contributed by atoms with van der Waals surface area (Å²) in [7, 11) is 0. The minimum atomic E-state index is 0.299. The van der Waals surface area contributed by atoms with Crippen molar-refractivity contribution in [3.63, 3.8) is 0 Å². The molecule has 19 heavy (non-hydrogen) atoms. The van der Waals surface area contributed by atoms with E-state index in [1.54, 1.807) is 0 Å². The van der Waals surface area contributed by atoms with E-state index in [1.165, 1.54) is 21.6 Å². The topological polar surface area (TPSA) is 17.1 Å². The molecule has 0 atom stereocenters. The standard InChI is InChI=1S/C17H16OS/c1-12-5-7-13(8-6-12)11-19-17-4-2-3-14-15(17)9-10-16(14)18/h2-8H,9-11H2,1H3. The molecule has 0 radical (unpaired) electrons. The number of thioether (sulfide) groups is 1. The molecule has 1 aliphatic rings. The molecule has 0 aromatic heterocycles. The highest BCUT2D eigenvalue weighted by atomic mass is 32.2. The predicted molar refractivity (Wildman–Crippen MR) is 79.8 cm³/mol. The smallest absolute Gasteiger partial charge is 0.163 e. The molecule has 2 aromatic rings. The van der Waals surface area contributed by atoms with Crippen molar-refractivity contribution < 1.29 is 4.79 Å². The normalized spacial score (nSPS) is 13.6. The molecular formula is C17H16OS. The molecule has 96 valence electrons. The Kier molecular flexibility index (Phi) is 3.43. The summed E-state index contributed by atoms with van der Waals surface area (Å²) >= 11 is 1.83. The zero-order valence-electron chi connectivity index (χ0n) is 11.0. The van der Waals surface area contributed by atoms with Crippen molar-refractivity contribution in [2.24, 2.45) is 0 Å². The summed E-state index contributed by atoms with van der Waals surface area (Å²) in [5, 5.41) is 0.